The van der Waals surface area contributed by atoms with Gasteiger partial charge in [-0.2, -0.15) is 0 Å². The van der Waals surface area contributed by atoms with Crippen LogP contribution in [0.5, 0.6) is 0 Å². The molecule has 0 saturated carbocycles. The molecule has 1 aliphatic rings. The average Bonchev–Trinajstić information content (AvgIpc) is 2.58. The highest BCUT2D eigenvalue weighted by molar-refractivity contribution is 5.41. The van der Waals surface area contributed by atoms with E-state index in [4.69, 9.17) is 10.5 Å². The van der Waals surface area contributed by atoms with Crippen LogP contribution in [0.25, 0.3) is 0 Å². The van der Waals surface area contributed by atoms with Crippen molar-refractivity contribution < 1.29 is 4.74 Å². The van der Waals surface area contributed by atoms with E-state index in [0.717, 1.165) is 0 Å². The zero-order chi connectivity index (χ0) is 10.3. The second-order valence-electron chi connectivity index (χ2n) is 4.88. The van der Waals surface area contributed by atoms with Crippen LogP contribution in [-0.2, 0) is 29.9 Å². The molecule has 78 valence electrons. The number of hydrogen-bond acceptors (Lipinski definition) is 2. The van der Waals surface area contributed by atoms with Gasteiger partial charge in [0, 0.05) is 28.9 Å². The first-order chi connectivity index (χ1) is 6.54. The van der Waals surface area contributed by atoms with Crippen LogP contribution < -0.4 is 5.73 Å². The highest BCUT2D eigenvalue weighted by atomic mass is 16.5. The quantitative estimate of drug-likeness (QED) is 0.716. The third kappa shape index (κ3) is 1.37. The van der Waals surface area contributed by atoms with E-state index in [0.29, 0.717) is 19.8 Å². The van der Waals surface area contributed by atoms with Gasteiger partial charge in [0.15, 0.2) is 0 Å². The molecular formula is C11H18N2O. The second kappa shape index (κ2) is 3.11. The number of hydrogen-bond donors (Lipinski definition) is 2. The SMILES string of the molecule is CC(C)(C)c1[nH]c2c(c1CN)COC2. The smallest absolute Gasteiger partial charge is 0.0874 e. The van der Waals surface area contributed by atoms with Crippen LogP contribution in [-0.4, -0.2) is 4.98 Å². The molecule has 1 aliphatic heterocycles. The van der Waals surface area contributed by atoms with Crippen molar-refractivity contribution in [3.63, 3.8) is 0 Å². The Kier molecular flexibility index (Phi) is 2.16. The summed E-state index contributed by atoms with van der Waals surface area (Å²) in [6, 6.07) is 0. The van der Waals surface area contributed by atoms with Gasteiger partial charge in [0.2, 0.25) is 0 Å². The number of aromatic amines is 1. The number of nitrogens with one attached hydrogen (secondary N) is 1. The third-order valence-electron chi connectivity index (χ3n) is 2.75. The van der Waals surface area contributed by atoms with Gasteiger partial charge in [0.25, 0.3) is 0 Å². The Morgan fingerprint density at radius 3 is 2.64 bits per heavy atom. The maximum absolute atomic E-state index is 5.79. The maximum Gasteiger partial charge on any atom is 0.0874 e. The van der Waals surface area contributed by atoms with Crippen molar-refractivity contribution >= 4 is 0 Å². The van der Waals surface area contributed by atoms with Gasteiger partial charge < -0.3 is 15.5 Å². The topological polar surface area (TPSA) is 51.0 Å². The molecule has 2 rings (SSSR count). The first-order valence-corrected chi connectivity index (χ1v) is 5.05. The lowest BCUT2D eigenvalue weighted by molar-refractivity contribution is 0.131. The Bertz CT molecular complexity index is 347. The number of nitrogens with two attached hydrogens (primary N) is 1. The molecule has 3 heteroatoms. The lowest BCUT2D eigenvalue weighted by Crippen LogP contribution is -2.16. The van der Waals surface area contributed by atoms with E-state index in [2.05, 4.69) is 25.8 Å². The van der Waals surface area contributed by atoms with Gasteiger partial charge in [-0.05, 0) is 5.56 Å². The van der Waals surface area contributed by atoms with Crippen molar-refractivity contribution in [3.05, 3.63) is 22.5 Å². The van der Waals surface area contributed by atoms with Crippen LogP contribution in [0.2, 0.25) is 0 Å². The molecule has 0 aliphatic carbocycles. The van der Waals surface area contributed by atoms with E-state index in [-0.39, 0.29) is 5.41 Å². The van der Waals surface area contributed by atoms with E-state index < -0.39 is 0 Å². The lowest BCUT2D eigenvalue weighted by atomic mass is 9.88. The fourth-order valence-electron chi connectivity index (χ4n) is 2.05. The van der Waals surface area contributed by atoms with Crippen molar-refractivity contribution in [2.75, 3.05) is 0 Å². The lowest BCUT2D eigenvalue weighted by Gasteiger charge is -2.19. The molecule has 0 atom stereocenters. The summed E-state index contributed by atoms with van der Waals surface area (Å²) < 4.78 is 5.38. The summed E-state index contributed by atoms with van der Waals surface area (Å²) in [7, 11) is 0. The third-order valence-corrected chi connectivity index (χ3v) is 2.75. The summed E-state index contributed by atoms with van der Waals surface area (Å²) in [5.74, 6) is 0. The molecular weight excluding hydrogens is 176 g/mol. The maximum atomic E-state index is 5.79. The molecule has 0 saturated heterocycles. The highest BCUT2D eigenvalue weighted by Gasteiger charge is 2.27. The van der Waals surface area contributed by atoms with Gasteiger partial charge in [-0.25, -0.2) is 0 Å². The fourth-order valence-corrected chi connectivity index (χ4v) is 2.05. The Hall–Kier alpha value is -0.800. The molecule has 0 unspecified atom stereocenters. The Labute approximate surface area is 84.6 Å². The fraction of sp³-hybridized carbons (Fsp3) is 0.636. The minimum absolute atomic E-state index is 0.138. The summed E-state index contributed by atoms with van der Waals surface area (Å²) >= 11 is 0. The van der Waals surface area contributed by atoms with E-state index in [9.17, 15) is 0 Å². The number of aromatic nitrogens is 1. The van der Waals surface area contributed by atoms with Crippen LogP contribution in [0, 0.1) is 0 Å². The van der Waals surface area contributed by atoms with Crippen LogP contribution in [0.4, 0.5) is 0 Å². The van der Waals surface area contributed by atoms with Crippen LogP contribution in [0.3, 0.4) is 0 Å². The second-order valence-corrected chi connectivity index (χ2v) is 4.88. The zero-order valence-corrected chi connectivity index (χ0v) is 9.11. The molecule has 0 spiro atoms. The Morgan fingerprint density at radius 1 is 1.36 bits per heavy atom. The van der Waals surface area contributed by atoms with Gasteiger partial charge in [-0.3, -0.25) is 0 Å². The normalized spacial score (nSPS) is 16.0. The molecule has 2 heterocycles. The summed E-state index contributed by atoms with van der Waals surface area (Å²) in [6.45, 7) is 8.63. The molecule has 0 aromatic carbocycles. The van der Waals surface area contributed by atoms with Gasteiger partial charge >= 0.3 is 0 Å². The monoisotopic (exact) mass is 194 g/mol. The Balaban J connectivity index is 2.52. The van der Waals surface area contributed by atoms with E-state index in [1.165, 1.54) is 22.5 Å². The minimum atomic E-state index is 0.138. The van der Waals surface area contributed by atoms with Crippen LogP contribution >= 0.6 is 0 Å². The molecule has 14 heavy (non-hydrogen) atoms. The van der Waals surface area contributed by atoms with Crippen molar-refractivity contribution in [3.8, 4) is 0 Å². The van der Waals surface area contributed by atoms with Crippen molar-refractivity contribution in [2.45, 2.75) is 45.9 Å². The van der Waals surface area contributed by atoms with Gasteiger partial charge in [0.1, 0.15) is 0 Å². The summed E-state index contributed by atoms with van der Waals surface area (Å²) in [5.41, 5.74) is 11.0. The molecule has 0 fully saturated rings. The zero-order valence-electron chi connectivity index (χ0n) is 9.11. The van der Waals surface area contributed by atoms with Crippen molar-refractivity contribution in [2.24, 2.45) is 5.73 Å². The van der Waals surface area contributed by atoms with Gasteiger partial charge in [-0.15, -0.1) is 0 Å². The van der Waals surface area contributed by atoms with Crippen LogP contribution in [0.15, 0.2) is 0 Å². The predicted octanol–water partition coefficient (Wildman–Crippen LogP) is 1.80. The molecule has 3 nitrogen and oxygen atoms in total. The van der Waals surface area contributed by atoms with E-state index >= 15 is 0 Å². The highest BCUT2D eigenvalue weighted by Crippen LogP contribution is 2.32. The Morgan fingerprint density at radius 2 is 2.07 bits per heavy atom. The predicted molar refractivity (Wildman–Crippen MR) is 55.9 cm³/mol. The summed E-state index contributed by atoms with van der Waals surface area (Å²) in [4.78, 5) is 3.45. The first kappa shape index (κ1) is 9.74. The summed E-state index contributed by atoms with van der Waals surface area (Å²) in [5, 5.41) is 0. The molecule has 1 aromatic rings. The first-order valence-electron chi connectivity index (χ1n) is 5.05. The number of rotatable bonds is 1. The van der Waals surface area contributed by atoms with E-state index in [1.54, 1.807) is 0 Å². The van der Waals surface area contributed by atoms with Gasteiger partial charge in [0.05, 0.1) is 13.2 Å². The summed E-state index contributed by atoms with van der Waals surface area (Å²) in [6.07, 6.45) is 0. The average molecular weight is 194 g/mol. The van der Waals surface area contributed by atoms with Crippen LogP contribution in [0.1, 0.15) is 43.3 Å². The largest absolute Gasteiger partial charge is 0.370 e. The molecule has 0 amide bonds. The molecule has 0 bridgehead atoms. The molecule has 1 aromatic heterocycles. The standard InChI is InChI=1S/C11H18N2O/c1-11(2,3)10-7(4-12)8-5-14-6-9(8)13-10/h13H,4-6,12H2,1-3H3. The van der Waals surface area contributed by atoms with Gasteiger partial charge in [-0.1, -0.05) is 20.8 Å². The number of fused-ring (bicyclic) bond motifs is 1. The minimum Gasteiger partial charge on any atom is -0.370 e. The molecule has 0 radical (unpaired) electrons. The number of H-pyrrole nitrogens is 1. The number of ether oxygens (including phenoxy) is 1. The van der Waals surface area contributed by atoms with E-state index in [1.807, 2.05) is 0 Å². The molecule has 3 N–H and O–H groups in total. The van der Waals surface area contributed by atoms with Crippen molar-refractivity contribution in [1.29, 1.82) is 0 Å². The van der Waals surface area contributed by atoms with Crippen molar-refractivity contribution in [1.82, 2.24) is 4.98 Å².